The summed E-state index contributed by atoms with van der Waals surface area (Å²) in [6.07, 6.45) is 4.89. The zero-order valence-electron chi connectivity index (χ0n) is 10.1. The van der Waals surface area contributed by atoms with Gasteiger partial charge in [-0.1, -0.05) is 0 Å². The maximum Gasteiger partial charge on any atom is 0.255 e. The van der Waals surface area contributed by atoms with Gasteiger partial charge in [-0.15, -0.1) is 0 Å². The molecule has 4 nitrogen and oxygen atoms in total. The van der Waals surface area contributed by atoms with E-state index >= 15 is 0 Å². The predicted octanol–water partition coefficient (Wildman–Crippen LogP) is 1.04. The topological polar surface area (TPSA) is 45.2 Å². The molecule has 0 bridgehead atoms. The zero-order valence-corrected chi connectivity index (χ0v) is 10.1. The van der Waals surface area contributed by atoms with Crippen LogP contribution in [-0.4, -0.2) is 41.5 Å². The molecule has 2 aliphatic heterocycles. The van der Waals surface area contributed by atoms with Crippen molar-refractivity contribution >= 4 is 5.91 Å². The molecular formula is C13H16FN3O. The molecule has 96 valence electrons. The normalized spacial score (nSPS) is 27.1. The van der Waals surface area contributed by atoms with Crippen LogP contribution in [0.1, 0.15) is 23.2 Å². The number of hydrogen-bond acceptors (Lipinski definition) is 3. The van der Waals surface area contributed by atoms with Crippen LogP contribution in [-0.2, 0) is 0 Å². The second kappa shape index (κ2) is 4.65. The minimum Gasteiger partial charge on any atom is -0.337 e. The summed E-state index contributed by atoms with van der Waals surface area (Å²) in [5.74, 6) is -0.0296. The van der Waals surface area contributed by atoms with Crippen LogP contribution in [0.3, 0.4) is 0 Å². The highest BCUT2D eigenvalue weighted by molar-refractivity contribution is 5.94. The molecule has 3 heterocycles. The van der Waals surface area contributed by atoms with Crippen LogP contribution in [0.2, 0.25) is 0 Å². The van der Waals surface area contributed by atoms with Crippen molar-refractivity contribution in [2.45, 2.75) is 18.9 Å². The van der Waals surface area contributed by atoms with E-state index < -0.39 is 5.82 Å². The first-order chi connectivity index (χ1) is 8.74. The van der Waals surface area contributed by atoms with Gasteiger partial charge in [-0.2, -0.15) is 0 Å². The molecule has 0 saturated carbocycles. The van der Waals surface area contributed by atoms with Gasteiger partial charge < -0.3 is 10.2 Å². The Labute approximate surface area is 105 Å². The lowest BCUT2D eigenvalue weighted by Gasteiger charge is -2.24. The van der Waals surface area contributed by atoms with Gasteiger partial charge in [0.15, 0.2) is 0 Å². The smallest absolute Gasteiger partial charge is 0.255 e. The predicted molar refractivity (Wildman–Crippen MR) is 64.6 cm³/mol. The van der Waals surface area contributed by atoms with E-state index in [0.29, 0.717) is 17.5 Å². The quantitative estimate of drug-likeness (QED) is 0.809. The Morgan fingerprint density at radius 1 is 1.44 bits per heavy atom. The minimum absolute atomic E-state index is 0.113. The number of pyridine rings is 1. The monoisotopic (exact) mass is 249 g/mol. The second-order valence-electron chi connectivity index (χ2n) is 5.06. The molecule has 0 radical (unpaired) electrons. The molecule has 2 atom stereocenters. The van der Waals surface area contributed by atoms with Crippen LogP contribution in [0, 0.1) is 11.7 Å². The number of carbonyl (C=O) groups is 1. The maximum atomic E-state index is 13.1. The van der Waals surface area contributed by atoms with Crippen molar-refractivity contribution < 1.29 is 9.18 Å². The van der Waals surface area contributed by atoms with E-state index in [0.717, 1.165) is 25.8 Å². The van der Waals surface area contributed by atoms with Gasteiger partial charge in [0.2, 0.25) is 0 Å². The van der Waals surface area contributed by atoms with Gasteiger partial charge in [0.1, 0.15) is 5.82 Å². The molecule has 0 spiro atoms. The average molecular weight is 249 g/mol. The Bertz CT molecular complexity index is 451. The highest BCUT2D eigenvalue weighted by Crippen LogP contribution is 2.25. The van der Waals surface area contributed by atoms with Gasteiger partial charge in [0, 0.05) is 25.3 Å². The second-order valence-corrected chi connectivity index (χ2v) is 5.06. The van der Waals surface area contributed by atoms with Crippen molar-refractivity contribution in [3.63, 3.8) is 0 Å². The Hall–Kier alpha value is -1.49. The van der Waals surface area contributed by atoms with Gasteiger partial charge in [0.05, 0.1) is 11.8 Å². The molecule has 1 aromatic rings. The minimum atomic E-state index is -0.462. The number of fused-ring (bicyclic) bond motifs is 1. The number of aromatic nitrogens is 1. The van der Waals surface area contributed by atoms with Crippen molar-refractivity contribution in [3.05, 3.63) is 29.8 Å². The van der Waals surface area contributed by atoms with E-state index in [-0.39, 0.29) is 5.91 Å². The van der Waals surface area contributed by atoms with Crippen LogP contribution < -0.4 is 5.32 Å². The summed E-state index contributed by atoms with van der Waals surface area (Å²) >= 11 is 0. The Kier molecular flexibility index (Phi) is 2.99. The van der Waals surface area contributed by atoms with Crippen molar-refractivity contribution in [2.75, 3.05) is 19.6 Å². The zero-order chi connectivity index (χ0) is 12.5. The largest absolute Gasteiger partial charge is 0.337 e. The molecular weight excluding hydrogens is 233 g/mol. The number of piperidine rings is 1. The number of carbonyl (C=O) groups excluding carboxylic acids is 1. The molecule has 3 rings (SSSR count). The highest BCUT2D eigenvalue weighted by Gasteiger charge is 2.36. The van der Waals surface area contributed by atoms with Gasteiger partial charge in [0.25, 0.3) is 5.91 Å². The van der Waals surface area contributed by atoms with Crippen molar-refractivity contribution in [1.82, 2.24) is 15.2 Å². The van der Waals surface area contributed by atoms with Crippen LogP contribution in [0.4, 0.5) is 4.39 Å². The number of halogens is 1. The fraction of sp³-hybridized carbons (Fsp3) is 0.538. The first-order valence-electron chi connectivity index (χ1n) is 6.37. The summed E-state index contributed by atoms with van der Waals surface area (Å²) in [6, 6.07) is 1.66. The van der Waals surface area contributed by atoms with Crippen molar-refractivity contribution in [3.8, 4) is 0 Å². The fourth-order valence-corrected chi connectivity index (χ4v) is 2.92. The highest BCUT2D eigenvalue weighted by atomic mass is 19.1. The van der Waals surface area contributed by atoms with E-state index in [4.69, 9.17) is 0 Å². The summed E-state index contributed by atoms with van der Waals surface area (Å²) in [7, 11) is 0. The molecule has 0 aliphatic carbocycles. The first-order valence-corrected chi connectivity index (χ1v) is 6.37. The summed E-state index contributed by atoms with van der Waals surface area (Å²) in [5, 5.41) is 3.45. The lowest BCUT2D eigenvalue weighted by molar-refractivity contribution is 0.0784. The Balaban J connectivity index is 1.74. The molecule has 1 aromatic heterocycles. The van der Waals surface area contributed by atoms with Crippen molar-refractivity contribution in [2.24, 2.45) is 5.92 Å². The van der Waals surface area contributed by atoms with Crippen LogP contribution in [0.15, 0.2) is 18.5 Å². The number of nitrogens with zero attached hydrogens (tertiary/aromatic N) is 2. The summed E-state index contributed by atoms with van der Waals surface area (Å²) in [6.45, 7) is 2.53. The maximum absolute atomic E-state index is 13.1. The van der Waals surface area contributed by atoms with Gasteiger partial charge >= 0.3 is 0 Å². The third kappa shape index (κ3) is 2.10. The number of nitrogens with one attached hydrogen (secondary N) is 1. The number of likely N-dealkylation sites (tertiary alicyclic amines) is 1. The van der Waals surface area contributed by atoms with E-state index in [1.165, 1.54) is 25.1 Å². The molecule has 1 amide bonds. The van der Waals surface area contributed by atoms with Crippen molar-refractivity contribution in [1.29, 1.82) is 0 Å². The standard InChI is InChI=1S/C13H16FN3O/c14-11-4-10(5-15-6-11)13(18)17-7-9-2-1-3-16-12(9)8-17/h4-6,9,12,16H,1-3,7-8H2. The summed E-state index contributed by atoms with van der Waals surface area (Å²) in [5.41, 5.74) is 0.341. The number of rotatable bonds is 1. The molecule has 2 aliphatic rings. The third-order valence-electron chi connectivity index (χ3n) is 3.84. The fourth-order valence-electron chi connectivity index (χ4n) is 2.92. The van der Waals surface area contributed by atoms with E-state index in [2.05, 4.69) is 10.3 Å². The molecule has 5 heteroatoms. The Morgan fingerprint density at radius 3 is 3.11 bits per heavy atom. The number of amides is 1. The molecule has 2 saturated heterocycles. The molecule has 1 N–H and O–H groups in total. The molecule has 2 unspecified atom stereocenters. The van der Waals surface area contributed by atoms with E-state index in [1.807, 2.05) is 4.90 Å². The van der Waals surface area contributed by atoms with E-state index in [9.17, 15) is 9.18 Å². The van der Waals surface area contributed by atoms with Gasteiger partial charge in [-0.3, -0.25) is 9.78 Å². The van der Waals surface area contributed by atoms with Crippen LogP contribution >= 0.6 is 0 Å². The Morgan fingerprint density at radius 2 is 2.33 bits per heavy atom. The lowest BCUT2D eigenvalue weighted by Crippen LogP contribution is -2.41. The lowest BCUT2D eigenvalue weighted by atomic mass is 9.94. The molecule has 0 aromatic carbocycles. The first kappa shape index (κ1) is 11.6. The summed E-state index contributed by atoms with van der Waals surface area (Å²) < 4.78 is 13.1. The van der Waals surface area contributed by atoms with Crippen LogP contribution in [0.25, 0.3) is 0 Å². The van der Waals surface area contributed by atoms with Crippen LogP contribution in [0.5, 0.6) is 0 Å². The SMILES string of the molecule is O=C(c1cncc(F)c1)N1CC2CCCNC2C1. The average Bonchev–Trinajstić information content (AvgIpc) is 2.81. The van der Waals surface area contributed by atoms with Gasteiger partial charge in [-0.05, 0) is 31.4 Å². The number of hydrogen-bond donors (Lipinski definition) is 1. The molecule has 18 heavy (non-hydrogen) atoms. The summed E-state index contributed by atoms with van der Waals surface area (Å²) in [4.78, 5) is 17.8. The third-order valence-corrected chi connectivity index (χ3v) is 3.84. The molecule has 2 fully saturated rings. The van der Waals surface area contributed by atoms with Gasteiger partial charge in [-0.25, -0.2) is 4.39 Å². The van der Waals surface area contributed by atoms with E-state index in [1.54, 1.807) is 0 Å².